The molecule has 1 rings (SSSR count). The Kier molecular flexibility index (Phi) is 3.03. The van der Waals surface area contributed by atoms with Gasteiger partial charge in [-0.1, -0.05) is 26.0 Å². The number of ether oxygens (including phenoxy) is 1. The van der Waals surface area contributed by atoms with E-state index in [0.29, 0.717) is 5.92 Å². The average Bonchev–Trinajstić information content (AvgIpc) is 2.52. The van der Waals surface area contributed by atoms with E-state index < -0.39 is 0 Å². The summed E-state index contributed by atoms with van der Waals surface area (Å²) >= 11 is 0. The van der Waals surface area contributed by atoms with E-state index in [1.54, 1.807) is 0 Å². The Morgan fingerprint density at radius 2 is 2.00 bits per heavy atom. The Hall–Kier alpha value is -0.790. The van der Waals surface area contributed by atoms with E-state index in [2.05, 4.69) is 19.9 Å². The average molecular weight is 196 g/mol. The van der Waals surface area contributed by atoms with Gasteiger partial charge in [0.2, 0.25) is 0 Å². The molecule has 0 bridgehead atoms. The maximum absolute atomic E-state index is 11.7. The first-order valence-corrected chi connectivity index (χ1v) is 5.24. The molecular weight excluding hydrogens is 176 g/mol. The third-order valence-electron chi connectivity index (χ3n) is 2.92. The standard InChI is InChI=1S/C12H20O2/c1-6-7-9-10(12(9,4)5)11(13)14-8(2)3/h6-10H,1-5H3/b7-6-. The maximum Gasteiger partial charge on any atom is 0.310 e. The molecule has 1 aliphatic rings. The molecule has 2 atom stereocenters. The number of carbonyl (C=O) groups excluding carboxylic acids is 1. The van der Waals surface area contributed by atoms with Crippen LogP contribution in [0.5, 0.6) is 0 Å². The lowest BCUT2D eigenvalue weighted by Gasteiger charge is -2.08. The summed E-state index contributed by atoms with van der Waals surface area (Å²) in [7, 11) is 0. The Bertz CT molecular complexity index is 251. The van der Waals surface area contributed by atoms with Crippen LogP contribution in [0.2, 0.25) is 0 Å². The molecule has 2 nitrogen and oxygen atoms in total. The number of allylic oxidation sites excluding steroid dienone is 2. The fraction of sp³-hybridized carbons (Fsp3) is 0.750. The molecule has 2 unspecified atom stereocenters. The molecule has 1 aliphatic carbocycles. The van der Waals surface area contributed by atoms with E-state index in [1.807, 2.05) is 26.8 Å². The van der Waals surface area contributed by atoms with Gasteiger partial charge in [-0.3, -0.25) is 4.79 Å². The number of hydrogen-bond donors (Lipinski definition) is 0. The summed E-state index contributed by atoms with van der Waals surface area (Å²) in [4.78, 5) is 11.7. The summed E-state index contributed by atoms with van der Waals surface area (Å²) in [5.41, 5.74) is 0.0818. The molecule has 0 aromatic heterocycles. The van der Waals surface area contributed by atoms with Gasteiger partial charge in [0.1, 0.15) is 0 Å². The van der Waals surface area contributed by atoms with E-state index in [-0.39, 0.29) is 23.4 Å². The number of hydrogen-bond acceptors (Lipinski definition) is 2. The molecule has 0 N–H and O–H groups in total. The monoisotopic (exact) mass is 196 g/mol. The number of rotatable bonds is 3. The highest BCUT2D eigenvalue weighted by molar-refractivity contribution is 5.78. The molecule has 0 aliphatic heterocycles. The summed E-state index contributed by atoms with van der Waals surface area (Å²) in [5, 5.41) is 0. The van der Waals surface area contributed by atoms with E-state index in [0.717, 1.165) is 0 Å². The van der Waals surface area contributed by atoms with Gasteiger partial charge in [-0.15, -0.1) is 0 Å². The van der Waals surface area contributed by atoms with Gasteiger partial charge in [0.25, 0.3) is 0 Å². The van der Waals surface area contributed by atoms with Crippen LogP contribution < -0.4 is 0 Å². The van der Waals surface area contributed by atoms with Crippen molar-refractivity contribution in [2.75, 3.05) is 0 Å². The predicted octanol–water partition coefficient (Wildman–Crippen LogP) is 2.79. The molecule has 0 amide bonds. The van der Waals surface area contributed by atoms with E-state index in [4.69, 9.17) is 4.74 Å². The molecule has 80 valence electrons. The minimum absolute atomic E-state index is 0.00911. The van der Waals surface area contributed by atoms with Gasteiger partial charge in [-0.05, 0) is 32.1 Å². The predicted molar refractivity (Wildman–Crippen MR) is 56.8 cm³/mol. The first-order valence-electron chi connectivity index (χ1n) is 5.24. The van der Waals surface area contributed by atoms with Gasteiger partial charge in [-0.2, -0.15) is 0 Å². The minimum atomic E-state index is -0.0481. The Morgan fingerprint density at radius 1 is 1.43 bits per heavy atom. The SMILES string of the molecule is C/C=C\C1C(C(=O)OC(C)C)C1(C)C. The Labute approximate surface area is 86.3 Å². The minimum Gasteiger partial charge on any atom is -0.463 e. The highest BCUT2D eigenvalue weighted by Gasteiger charge is 2.61. The smallest absolute Gasteiger partial charge is 0.310 e. The fourth-order valence-corrected chi connectivity index (χ4v) is 2.00. The van der Waals surface area contributed by atoms with Gasteiger partial charge in [-0.25, -0.2) is 0 Å². The molecule has 0 heterocycles. The summed E-state index contributed by atoms with van der Waals surface area (Å²) < 4.78 is 5.21. The van der Waals surface area contributed by atoms with Crippen LogP contribution in [0, 0.1) is 17.3 Å². The highest BCUT2D eigenvalue weighted by atomic mass is 16.5. The molecule has 1 saturated carbocycles. The van der Waals surface area contributed by atoms with Crippen LogP contribution in [-0.2, 0) is 9.53 Å². The zero-order valence-electron chi connectivity index (χ0n) is 9.70. The lowest BCUT2D eigenvalue weighted by Crippen LogP contribution is -2.15. The second-order valence-electron chi connectivity index (χ2n) is 4.84. The van der Waals surface area contributed by atoms with Crippen LogP contribution in [0.25, 0.3) is 0 Å². The van der Waals surface area contributed by atoms with Crippen LogP contribution in [0.3, 0.4) is 0 Å². The molecule has 14 heavy (non-hydrogen) atoms. The Morgan fingerprint density at radius 3 is 2.43 bits per heavy atom. The molecule has 0 saturated heterocycles. The van der Waals surface area contributed by atoms with Gasteiger partial charge >= 0.3 is 5.97 Å². The largest absolute Gasteiger partial charge is 0.463 e. The summed E-state index contributed by atoms with van der Waals surface area (Å²) in [5.74, 6) is 0.368. The van der Waals surface area contributed by atoms with Crippen molar-refractivity contribution in [2.24, 2.45) is 17.3 Å². The molecule has 1 fully saturated rings. The van der Waals surface area contributed by atoms with Crippen molar-refractivity contribution < 1.29 is 9.53 Å². The zero-order valence-corrected chi connectivity index (χ0v) is 9.70. The van der Waals surface area contributed by atoms with Crippen LogP contribution in [0.1, 0.15) is 34.6 Å². The van der Waals surface area contributed by atoms with E-state index in [1.165, 1.54) is 0 Å². The lowest BCUT2D eigenvalue weighted by molar-refractivity contribution is -0.150. The Balaban J connectivity index is 2.59. The zero-order chi connectivity index (χ0) is 10.9. The second-order valence-corrected chi connectivity index (χ2v) is 4.84. The van der Waals surface area contributed by atoms with Crippen molar-refractivity contribution in [1.82, 2.24) is 0 Å². The van der Waals surface area contributed by atoms with E-state index in [9.17, 15) is 4.79 Å². The molecule has 0 aromatic carbocycles. The van der Waals surface area contributed by atoms with Crippen LogP contribution in [0.15, 0.2) is 12.2 Å². The second kappa shape index (κ2) is 3.76. The summed E-state index contributed by atoms with van der Waals surface area (Å²) in [6.45, 7) is 9.99. The maximum atomic E-state index is 11.7. The van der Waals surface area contributed by atoms with Gasteiger partial charge in [0, 0.05) is 0 Å². The van der Waals surface area contributed by atoms with Crippen molar-refractivity contribution in [3.63, 3.8) is 0 Å². The lowest BCUT2D eigenvalue weighted by atomic mass is 10.1. The van der Waals surface area contributed by atoms with Crippen molar-refractivity contribution in [1.29, 1.82) is 0 Å². The topological polar surface area (TPSA) is 26.3 Å². The van der Waals surface area contributed by atoms with Gasteiger partial charge in [0.15, 0.2) is 0 Å². The molecular formula is C12H20O2. The quantitative estimate of drug-likeness (QED) is 0.512. The van der Waals surface area contributed by atoms with Gasteiger partial charge < -0.3 is 4.74 Å². The van der Waals surface area contributed by atoms with Crippen molar-refractivity contribution >= 4 is 5.97 Å². The molecule has 0 radical (unpaired) electrons. The molecule has 0 spiro atoms. The van der Waals surface area contributed by atoms with E-state index >= 15 is 0 Å². The number of esters is 1. The first-order chi connectivity index (χ1) is 6.41. The third kappa shape index (κ3) is 1.99. The van der Waals surface area contributed by atoms with Crippen molar-refractivity contribution in [3.8, 4) is 0 Å². The third-order valence-corrected chi connectivity index (χ3v) is 2.92. The summed E-state index contributed by atoms with van der Waals surface area (Å²) in [6, 6.07) is 0. The van der Waals surface area contributed by atoms with Crippen LogP contribution >= 0.6 is 0 Å². The highest BCUT2D eigenvalue weighted by Crippen LogP contribution is 2.59. The fourth-order valence-electron chi connectivity index (χ4n) is 2.00. The molecule has 0 aromatic rings. The summed E-state index contributed by atoms with van der Waals surface area (Å²) in [6.07, 6.45) is 4.10. The normalized spacial score (nSPS) is 29.6. The van der Waals surface area contributed by atoms with Crippen molar-refractivity contribution in [3.05, 3.63) is 12.2 Å². The van der Waals surface area contributed by atoms with Crippen LogP contribution in [-0.4, -0.2) is 12.1 Å². The first kappa shape index (κ1) is 11.3. The van der Waals surface area contributed by atoms with Gasteiger partial charge in [0.05, 0.1) is 12.0 Å². The number of carbonyl (C=O) groups is 1. The van der Waals surface area contributed by atoms with Crippen LogP contribution in [0.4, 0.5) is 0 Å². The molecule has 2 heteroatoms. The van der Waals surface area contributed by atoms with Crippen molar-refractivity contribution in [2.45, 2.75) is 40.7 Å².